The molecule has 2 aromatic carbocycles. The minimum Gasteiger partial charge on any atom is -0.497 e. The van der Waals surface area contributed by atoms with E-state index >= 15 is 0 Å². The van der Waals surface area contributed by atoms with Gasteiger partial charge in [-0.3, -0.25) is 4.79 Å². The first-order valence-electron chi connectivity index (χ1n) is 10.1. The SMILES string of the molecule is COc1ccc(OCc2cc(C(=O)NCCC3=CCCCC3)ccc2OC)cc1. The Hall–Kier alpha value is -2.95. The maximum atomic E-state index is 12.6. The minimum atomic E-state index is -0.0743. The van der Waals surface area contributed by atoms with Gasteiger partial charge in [-0.1, -0.05) is 11.6 Å². The Bertz CT molecular complexity index is 842. The number of benzene rings is 2. The number of methoxy groups -OCH3 is 2. The lowest BCUT2D eigenvalue weighted by Gasteiger charge is -2.14. The summed E-state index contributed by atoms with van der Waals surface area (Å²) in [5, 5.41) is 3.02. The summed E-state index contributed by atoms with van der Waals surface area (Å²) in [6.07, 6.45) is 8.11. The van der Waals surface area contributed by atoms with Crippen molar-refractivity contribution in [3.05, 3.63) is 65.2 Å². The van der Waals surface area contributed by atoms with Gasteiger partial charge in [-0.15, -0.1) is 0 Å². The Morgan fingerprint density at radius 2 is 1.79 bits per heavy atom. The molecule has 154 valence electrons. The van der Waals surface area contributed by atoms with Crippen molar-refractivity contribution in [2.24, 2.45) is 0 Å². The van der Waals surface area contributed by atoms with Gasteiger partial charge in [0, 0.05) is 17.7 Å². The number of amides is 1. The first-order valence-corrected chi connectivity index (χ1v) is 10.1. The Balaban J connectivity index is 1.59. The van der Waals surface area contributed by atoms with Crippen LogP contribution in [-0.4, -0.2) is 26.7 Å². The van der Waals surface area contributed by atoms with Gasteiger partial charge in [0.25, 0.3) is 5.91 Å². The molecule has 1 amide bonds. The molecule has 2 aromatic rings. The Morgan fingerprint density at radius 1 is 1.00 bits per heavy atom. The summed E-state index contributed by atoms with van der Waals surface area (Å²) in [5.74, 6) is 2.12. The van der Waals surface area contributed by atoms with Crippen LogP contribution in [0.15, 0.2) is 54.1 Å². The summed E-state index contributed by atoms with van der Waals surface area (Å²) < 4.78 is 16.4. The van der Waals surface area contributed by atoms with E-state index in [9.17, 15) is 4.79 Å². The average Bonchev–Trinajstić information content (AvgIpc) is 2.78. The molecule has 0 saturated carbocycles. The summed E-state index contributed by atoms with van der Waals surface area (Å²) in [6, 6.07) is 12.8. The molecule has 1 N–H and O–H groups in total. The molecule has 0 saturated heterocycles. The number of ether oxygens (including phenoxy) is 3. The molecule has 0 atom stereocenters. The lowest BCUT2D eigenvalue weighted by Crippen LogP contribution is -2.25. The fraction of sp³-hybridized carbons (Fsp3) is 0.375. The van der Waals surface area contributed by atoms with E-state index in [0.717, 1.165) is 29.9 Å². The number of carbonyl (C=O) groups is 1. The zero-order valence-corrected chi connectivity index (χ0v) is 17.2. The van der Waals surface area contributed by atoms with E-state index in [0.29, 0.717) is 24.5 Å². The zero-order chi connectivity index (χ0) is 20.5. The maximum Gasteiger partial charge on any atom is 0.251 e. The monoisotopic (exact) mass is 395 g/mol. The molecule has 3 rings (SSSR count). The quantitative estimate of drug-likeness (QED) is 0.614. The van der Waals surface area contributed by atoms with Gasteiger partial charge in [0.15, 0.2) is 0 Å². The van der Waals surface area contributed by atoms with Crippen molar-refractivity contribution < 1.29 is 19.0 Å². The predicted molar refractivity (Wildman–Crippen MR) is 114 cm³/mol. The highest BCUT2D eigenvalue weighted by Gasteiger charge is 2.12. The molecule has 5 nitrogen and oxygen atoms in total. The third-order valence-corrected chi connectivity index (χ3v) is 5.11. The van der Waals surface area contributed by atoms with Crippen molar-refractivity contribution >= 4 is 5.91 Å². The van der Waals surface area contributed by atoms with Crippen molar-refractivity contribution in [2.45, 2.75) is 38.7 Å². The topological polar surface area (TPSA) is 56.8 Å². The molecule has 1 aliphatic rings. The second-order valence-corrected chi connectivity index (χ2v) is 7.10. The highest BCUT2D eigenvalue weighted by atomic mass is 16.5. The van der Waals surface area contributed by atoms with Gasteiger partial charge >= 0.3 is 0 Å². The molecule has 0 heterocycles. The number of carbonyl (C=O) groups excluding carboxylic acids is 1. The van der Waals surface area contributed by atoms with Gasteiger partial charge in [-0.05, 0) is 74.6 Å². The standard InChI is InChI=1S/C24H29NO4/c1-27-21-9-11-22(12-10-21)29-17-20-16-19(8-13-23(20)28-2)24(26)25-15-14-18-6-4-3-5-7-18/h6,8-13,16H,3-5,7,14-15,17H2,1-2H3,(H,25,26). The van der Waals surface area contributed by atoms with Crippen LogP contribution in [0.1, 0.15) is 48.0 Å². The zero-order valence-electron chi connectivity index (χ0n) is 17.2. The van der Waals surface area contributed by atoms with Crippen molar-refractivity contribution in [3.63, 3.8) is 0 Å². The largest absolute Gasteiger partial charge is 0.497 e. The van der Waals surface area contributed by atoms with Crippen LogP contribution in [-0.2, 0) is 6.61 Å². The third kappa shape index (κ3) is 6.01. The van der Waals surface area contributed by atoms with Crippen molar-refractivity contribution in [1.82, 2.24) is 5.32 Å². The van der Waals surface area contributed by atoms with Crippen LogP contribution in [0.25, 0.3) is 0 Å². The maximum absolute atomic E-state index is 12.6. The van der Waals surface area contributed by atoms with Crippen molar-refractivity contribution in [2.75, 3.05) is 20.8 Å². The van der Waals surface area contributed by atoms with Crippen LogP contribution >= 0.6 is 0 Å². The van der Waals surface area contributed by atoms with E-state index < -0.39 is 0 Å². The fourth-order valence-electron chi connectivity index (χ4n) is 3.44. The van der Waals surface area contributed by atoms with Crippen LogP contribution in [0.5, 0.6) is 17.2 Å². The summed E-state index contributed by atoms with van der Waals surface area (Å²) in [4.78, 5) is 12.6. The van der Waals surface area contributed by atoms with E-state index in [1.54, 1.807) is 20.3 Å². The molecule has 0 fully saturated rings. The summed E-state index contributed by atoms with van der Waals surface area (Å²) in [6.45, 7) is 0.970. The second-order valence-electron chi connectivity index (χ2n) is 7.10. The summed E-state index contributed by atoms with van der Waals surface area (Å²) >= 11 is 0. The lowest BCUT2D eigenvalue weighted by molar-refractivity contribution is 0.0954. The van der Waals surface area contributed by atoms with Crippen LogP contribution < -0.4 is 19.5 Å². The van der Waals surface area contributed by atoms with E-state index in [-0.39, 0.29) is 5.91 Å². The Kier molecular flexibility index (Phi) is 7.56. The van der Waals surface area contributed by atoms with Gasteiger partial charge in [-0.2, -0.15) is 0 Å². The fourth-order valence-corrected chi connectivity index (χ4v) is 3.44. The summed E-state index contributed by atoms with van der Waals surface area (Å²) in [5.41, 5.74) is 2.89. The second kappa shape index (κ2) is 10.6. The van der Waals surface area contributed by atoms with E-state index in [4.69, 9.17) is 14.2 Å². The molecule has 0 aromatic heterocycles. The van der Waals surface area contributed by atoms with Crippen molar-refractivity contribution in [3.8, 4) is 17.2 Å². The van der Waals surface area contributed by atoms with Crippen LogP contribution in [0, 0.1) is 0 Å². The molecule has 0 unspecified atom stereocenters. The van der Waals surface area contributed by atoms with Crippen LogP contribution in [0.4, 0.5) is 0 Å². The molecule has 0 radical (unpaired) electrons. The van der Waals surface area contributed by atoms with Crippen molar-refractivity contribution in [1.29, 1.82) is 0 Å². The van der Waals surface area contributed by atoms with Gasteiger partial charge in [-0.25, -0.2) is 0 Å². The lowest BCUT2D eigenvalue weighted by atomic mass is 9.97. The predicted octanol–water partition coefficient (Wildman–Crippen LogP) is 4.90. The van der Waals surface area contributed by atoms with Gasteiger partial charge < -0.3 is 19.5 Å². The number of rotatable bonds is 9. The molecule has 1 aliphatic carbocycles. The molecule has 29 heavy (non-hydrogen) atoms. The first-order chi connectivity index (χ1) is 14.2. The molecule has 0 aliphatic heterocycles. The van der Waals surface area contributed by atoms with Gasteiger partial charge in [0.1, 0.15) is 23.9 Å². The highest BCUT2D eigenvalue weighted by molar-refractivity contribution is 5.94. The van der Waals surface area contributed by atoms with Crippen LogP contribution in [0.3, 0.4) is 0 Å². The van der Waals surface area contributed by atoms with E-state index in [1.807, 2.05) is 36.4 Å². The molecule has 0 spiro atoms. The molecular formula is C24H29NO4. The third-order valence-electron chi connectivity index (χ3n) is 5.11. The van der Waals surface area contributed by atoms with Gasteiger partial charge in [0.2, 0.25) is 0 Å². The number of hydrogen-bond donors (Lipinski definition) is 1. The number of nitrogens with one attached hydrogen (secondary N) is 1. The normalized spacial score (nSPS) is 13.4. The number of allylic oxidation sites excluding steroid dienone is 1. The van der Waals surface area contributed by atoms with Gasteiger partial charge in [0.05, 0.1) is 14.2 Å². The minimum absolute atomic E-state index is 0.0743. The van der Waals surface area contributed by atoms with E-state index in [1.165, 1.54) is 24.8 Å². The molecule has 5 heteroatoms. The smallest absolute Gasteiger partial charge is 0.251 e. The molecule has 0 bridgehead atoms. The van der Waals surface area contributed by atoms with E-state index in [2.05, 4.69) is 11.4 Å². The Labute approximate surface area is 172 Å². The average molecular weight is 395 g/mol. The highest BCUT2D eigenvalue weighted by Crippen LogP contribution is 2.24. The van der Waals surface area contributed by atoms with Crippen LogP contribution in [0.2, 0.25) is 0 Å². The number of hydrogen-bond acceptors (Lipinski definition) is 4. The molecular weight excluding hydrogens is 366 g/mol. The summed E-state index contributed by atoms with van der Waals surface area (Å²) in [7, 11) is 3.24. The Morgan fingerprint density at radius 3 is 2.48 bits per heavy atom. The first kappa shape index (κ1) is 20.8.